The SMILES string of the molecule is CNc1nc2sccn2c1S(=O)(=O)NCC1CCCOC1. The largest absolute Gasteiger partial charge is 0.381 e. The summed E-state index contributed by atoms with van der Waals surface area (Å²) >= 11 is 1.40. The molecule has 1 fully saturated rings. The molecule has 1 unspecified atom stereocenters. The summed E-state index contributed by atoms with van der Waals surface area (Å²) in [6, 6.07) is 0. The molecule has 1 atom stereocenters. The standard InChI is InChI=1S/C12H18N4O3S2/c1-13-10-11(16-4-6-20-12(16)15-10)21(17,18)14-7-9-3-2-5-19-8-9/h4,6,9,13-14H,2-3,5,7-8H2,1H3. The molecule has 1 aliphatic rings. The summed E-state index contributed by atoms with van der Waals surface area (Å²) in [6.07, 6.45) is 3.68. The van der Waals surface area contributed by atoms with E-state index >= 15 is 0 Å². The molecule has 2 aromatic heterocycles. The minimum atomic E-state index is -3.62. The van der Waals surface area contributed by atoms with Gasteiger partial charge in [0, 0.05) is 31.8 Å². The zero-order valence-corrected chi connectivity index (χ0v) is 13.3. The van der Waals surface area contributed by atoms with Crippen LogP contribution in [0, 0.1) is 5.92 Å². The lowest BCUT2D eigenvalue weighted by Gasteiger charge is -2.22. The highest BCUT2D eigenvalue weighted by Gasteiger charge is 2.26. The van der Waals surface area contributed by atoms with Crippen LogP contribution in [-0.4, -0.2) is 44.6 Å². The van der Waals surface area contributed by atoms with Gasteiger partial charge in [0.1, 0.15) is 0 Å². The normalized spacial score (nSPS) is 20.0. The Labute approximate surface area is 127 Å². The van der Waals surface area contributed by atoms with E-state index in [2.05, 4.69) is 15.0 Å². The molecule has 2 N–H and O–H groups in total. The van der Waals surface area contributed by atoms with Crippen molar-refractivity contribution in [2.75, 3.05) is 32.1 Å². The molecular weight excluding hydrogens is 312 g/mol. The fourth-order valence-corrected chi connectivity index (χ4v) is 4.62. The number of nitrogens with one attached hydrogen (secondary N) is 2. The highest BCUT2D eigenvalue weighted by molar-refractivity contribution is 7.89. The number of sulfonamides is 1. The molecule has 21 heavy (non-hydrogen) atoms. The highest BCUT2D eigenvalue weighted by Crippen LogP contribution is 2.25. The molecule has 116 valence electrons. The molecule has 0 spiro atoms. The smallest absolute Gasteiger partial charge is 0.260 e. The maximum absolute atomic E-state index is 12.6. The minimum Gasteiger partial charge on any atom is -0.381 e. The Hall–Kier alpha value is -1.16. The molecule has 0 amide bonds. The third-order valence-corrected chi connectivity index (χ3v) is 5.73. The Morgan fingerprint density at radius 3 is 3.14 bits per heavy atom. The van der Waals surface area contributed by atoms with Gasteiger partial charge in [-0.1, -0.05) is 0 Å². The number of hydrogen-bond acceptors (Lipinski definition) is 6. The van der Waals surface area contributed by atoms with Crippen molar-refractivity contribution in [3.05, 3.63) is 11.6 Å². The van der Waals surface area contributed by atoms with E-state index in [0.29, 0.717) is 23.9 Å². The average molecular weight is 330 g/mol. The Morgan fingerprint density at radius 1 is 1.57 bits per heavy atom. The summed E-state index contributed by atoms with van der Waals surface area (Å²) in [4.78, 5) is 4.93. The molecule has 7 nitrogen and oxygen atoms in total. The molecule has 1 saturated heterocycles. The van der Waals surface area contributed by atoms with Crippen molar-refractivity contribution in [3.63, 3.8) is 0 Å². The molecule has 0 saturated carbocycles. The van der Waals surface area contributed by atoms with Crippen molar-refractivity contribution < 1.29 is 13.2 Å². The number of anilines is 1. The lowest BCUT2D eigenvalue weighted by Crippen LogP contribution is -2.34. The minimum absolute atomic E-state index is 0.165. The molecule has 1 aliphatic heterocycles. The maximum Gasteiger partial charge on any atom is 0.260 e. The number of aromatic nitrogens is 2. The summed E-state index contributed by atoms with van der Waals surface area (Å²) in [7, 11) is -1.95. The van der Waals surface area contributed by atoms with Crippen LogP contribution >= 0.6 is 11.3 Å². The third kappa shape index (κ3) is 2.91. The van der Waals surface area contributed by atoms with E-state index in [1.807, 2.05) is 5.38 Å². The fourth-order valence-electron chi connectivity index (χ4n) is 2.45. The molecule has 0 bridgehead atoms. The number of fused-ring (bicyclic) bond motifs is 1. The summed E-state index contributed by atoms with van der Waals surface area (Å²) < 4.78 is 34.8. The predicted molar refractivity (Wildman–Crippen MR) is 81.3 cm³/mol. The molecule has 2 aromatic rings. The number of nitrogens with zero attached hydrogens (tertiary/aromatic N) is 2. The van der Waals surface area contributed by atoms with Crippen molar-refractivity contribution in [2.45, 2.75) is 17.9 Å². The van der Waals surface area contributed by atoms with E-state index in [-0.39, 0.29) is 10.9 Å². The number of thiazole rings is 1. The van der Waals surface area contributed by atoms with E-state index in [9.17, 15) is 8.42 Å². The van der Waals surface area contributed by atoms with Crippen LogP contribution in [0.5, 0.6) is 0 Å². The van der Waals surface area contributed by atoms with E-state index in [0.717, 1.165) is 19.4 Å². The predicted octanol–water partition coefficient (Wildman–Crippen LogP) is 1.14. The van der Waals surface area contributed by atoms with Crippen molar-refractivity contribution in [3.8, 4) is 0 Å². The van der Waals surface area contributed by atoms with Crippen LogP contribution < -0.4 is 10.0 Å². The van der Waals surface area contributed by atoms with Gasteiger partial charge in [-0.2, -0.15) is 0 Å². The third-order valence-electron chi connectivity index (χ3n) is 3.53. The second kappa shape index (κ2) is 5.91. The summed E-state index contributed by atoms with van der Waals surface area (Å²) in [5.74, 6) is 0.603. The zero-order chi connectivity index (χ0) is 14.9. The second-order valence-electron chi connectivity index (χ2n) is 5.01. The first-order chi connectivity index (χ1) is 10.1. The monoisotopic (exact) mass is 330 g/mol. The quantitative estimate of drug-likeness (QED) is 0.859. The van der Waals surface area contributed by atoms with Gasteiger partial charge in [-0.05, 0) is 18.8 Å². The van der Waals surface area contributed by atoms with Crippen LogP contribution in [0.25, 0.3) is 4.96 Å². The number of rotatable bonds is 5. The summed E-state index contributed by atoms with van der Waals surface area (Å²) in [5.41, 5.74) is 0. The van der Waals surface area contributed by atoms with E-state index in [1.165, 1.54) is 11.3 Å². The van der Waals surface area contributed by atoms with Crippen molar-refractivity contribution in [1.82, 2.24) is 14.1 Å². The van der Waals surface area contributed by atoms with Gasteiger partial charge >= 0.3 is 0 Å². The second-order valence-corrected chi connectivity index (χ2v) is 7.56. The first-order valence-electron chi connectivity index (χ1n) is 6.82. The topological polar surface area (TPSA) is 84.7 Å². The fraction of sp³-hybridized carbons (Fsp3) is 0.583. The first kappa shape index (κ1) is 14.8. The molecule has 0 radical (unpaired) electrons. The van der Waals surface area contributed by atoms with Gasteiger partial charge in [-0.25, -0.2) is 18.1 Å². The van der Waals surface area contributed by atoms with Gasteiger partial charge < -0.3 is 10.1 Å². The number of ether oxygens (including phenoxy) is 1. The van der Waals surface area contributed by atoms with Crippen molar-refractivity contribution >= 4 is 32.1 Å². The Bertz CT molecular complexity index is 716. The maximum atomic E-state index is 12.6. The Balaban J connectivity index is 1.83. The molecule has 0 aromatic carbocycles. The van der Waals surface area contributed by atoms with Crippen molar-refractivity contribution in [2.24, 2.45) is 5.92 Å². The van der Waals surface area contributed by atoms with Crippen LogP contribution in [-0.2, 0) is 14.8 Å². The van der Waals surface area contributed by atoms with Gasteiger partial charge in [-0.3, -0.25) is 4.40 Å². The van der Waals surface area contributed by atoms with Crippen LogP contribution in [0.15, 0.2) is 16.6 Å². The van der Waals surface area contributed by atoms with Gasteiger partial charge in [0.25, 0.3) is 10.0 Å². The molecule has 9 heteroatoms. The van der Waals surface area contributed by atoms with Crippen LogP contribution in [0.2, 0.25) is 0 Å². The number of imidazole rings is 1. The van der Waals surface area contributed by atoms with Gasteiger partial charge in [0.05, 0.1) is 6.61 Å². The highest BCUT2D eigenvalue weighted by atomic mass is 32.2. The Kier molecular flexibility index (Phi) is 4.16. The van der Waals surface area contributed by atoms with Crippen LogP contribution in [0.1, 0.15) is 12.8 Å². The molecule has 0 aliphatic carbocycles. The van der Waals surface area contributed by atoms with E-state index < -0.39 is 10.0 Å². The van der Waals surface area contributed by atoms with Gasteiger partial charge in [0.2, 0.25) is 0 Å². The van der Waals surface area contributed by atoms with Gasteiger partial charge in [0.15, 0.2) is 15.8 Å². The summed E-state index contributed by atoms with van der Waals surface area (Å²) in [5, 5.41) is 4.83. The van der Waals surface area contributed by atoms with E-state index in [4.69, 9.17) is 4.74 Å². The lowest BCUT2D eigenvalue weighted by molar-refractivity contribution is 0.0568. The van der Waals surface area contributed by atoms with Crippen LogP contribution in [0.3, 0.4) is 0 Å². The van der Waals surface area contributed by atoms with Gasteiger partial charge in [-0.15, -0.1) is 11.3 Å². The molecular formula is C12H18N4O3S2. The van der Waals surface area contributed by atoms with E-state index in [1.54, 1.807) is 17.6 Å². The van der Waals surface area contributed by atoms with Crippen LogP contribution in [0.4, 0.5) is 5.82 Å². The number of hydrogen-bond donors (Lipinski definition) is 2. The lowest BCUT2D eigenvalue weighted by atomic mass is 10.0. The molecule has 3 rings (SSSR count). The van der Waals surface area contributed by atoms with Crippen molar-refractivity contribution in [1.29, 1.82) is 0 Å². The Morgan fingerprint density at radius 2 is 2.43 bits per heavy atom. The summed E-state index contributed by atoms with van der Waals surface area (Å²) in [6.45, 7) is 1.77. The zero-order valence-electron chi connectivity index (χ0n) is 11.7. The first-order valence-corrected chi connectivity index (χ1v) is 9.19. The molecule has 3 heterocycles. The average Bonchev–Trinajstić information content (AvgIpc) is 3.06.